The van der Waals surface area contributed by atoms with E-state index in [9.17, 15) is 0 Å². The number of nitrogens with one attached hydrogen (secondary N) is 1. The second kappa shape index (κ2) is 6.24. The van der Waals surface area contributed by atoms with Crippen molar-refractivity contribution in [2.45, 2.75) is 32.4 Å². The molecule has 4 heteroatoms. The minimum Gasteiger partial charge on any atom is -0.496 e. The van der Waals surface area contributed by atoms with Crippen molar-refractivity contribution in [3.05, 3.63) is 23.8 Å². The van der Waals surface area contributed by atoms with Gasteiger partial charge in [0.15, 0.2) is 0 Å². The molecule has 1 N–H and O–H groups in total. The molecule has 2 aliphatic heterocycles. The molecule has 116 valence electrons. The third-order valence-electron chi connectivity index (χ3n) is 4.67. The zero-order valence-corrected chi connectivity index (χ0v) is 13.4. The Morgan fingerprint density at radius 1 is 1.29 bits per heavy atom. The van der Waals surface area contributed by atoms with Gasteiger partial charge in [0.05, 0.1) is 7.11 Å². The predicted molar refractivity (Wildman–Crippen MR) is 87.4 cm³/mol. The minimum absolute atomic E-state index is 0.520. The first-order valence-electron chi connectivity index (χ1n) is 8.08. The Morgan fingerprint density at radius 3 is 2.71 bits per heavy atom. The smallest absolute Gasteiger partial charge is 0.124 e. The molecular formula is C17H27N3O. The molecule has 0 bridgehead atoms. The van der Waals surface area contributed by atoms with Crippen LogP contribution in [0.25, 0.3) is 0 Å². The largest absolute Gasteiger partial charge is 0.496 e. The van der Waals surface area contributed by atoms with Gasteiger partial charge in [0.25, 0.3) is 0 Å². The van der Waals surface area contributed by atoms with Crippen molar-refractivity contribution < 1.29 is 4.74 Å². The standard InChI is InChI=1S/C17H27N3O/c1-13(2)20-14(12-19-9-7-18-8-10-19)11-15-16(20)5-4-6-17(15)21-3/h4-6,13-14,18H,7-12H2,1-3H3. The molecule has 21 heavy (non-hydrogen) atoms. The highest BCUT2D eigenvalue weighted by molar-refractivity contribution is 5.65. The Bertz CT molecular complexity index is 483. The van der Waals surface area contributed by atoms with Crippen LogP contribution >= 0.6 is 0 Å². The fourth-order valence-electron chi connectivity index (χ4n) is 3.77. The summed E-state index contributed by atoms with van der Waals surface area (Å²) >= 11 is 0. The first kappa shape index (κ1) is 14.7. The lowest BCUT2D eigenvalue weighted by Gasteiger charge is -2.36. The van der Waals surface area contributed by atoms with Crippen LogP contribution in [0.3, 0.4) is 0 Å². The van der Waals surface area contributed by atoms with Crippen molar-refractivity contribution in [1.29, 1.82) is 0 Å². The van der Waals surface area contributed by atoms with Crippen LogP contribution in [0.1, 0.15) is 19.4 Å². The molecule has 1 atom stereocenters. The fourth-order valence-corrected chi connectivity index (χ4v) is 3.77. The predicted octanol–water partition coefficient (Wildman–Crippen LogP) is 1.74. The Labute approximate surface area is 128 Å². The number of fused-ring (bicyclic) bond motifs is 1. The van der Waals surface area contributed by atoms with Crippen LogP contribution in [0.2, 0.25) is 0 Å². The van der Waals surface area contributed by atoms with Crippen LogP contribution in [-0.4, -0.2) is 56.8 Å². The molecule has 0 aromatic heterocycles. The highest BCUT2D eigenvalue weighted by Gasteiger charge is 2.34. The van der Waals surface area contributed by atoms with Crippen LogP contribution in [-0.2, 0) is 6.42 Å². The molecule has 0 amide bonds. The van der Waals surface area contributed by atoms with E-state index in [-0.39, 0.29) is 0 Å². The summed E-state index contributed by atoms with van der Waals surface area (Å²) in [4.78, 5) is 5.18. The third-order valence-corrected chi connectivity index (χ3v) is 4.67. The van der Waals surface area contributed by atoms with E-state index >= 15 is 0 Å². The van der Waals surface area contributed by atoms with Crippen LogP contribution < -0.4 is 15.0 Å². The molecule has 1 aromatic rings. The highest BCUT2D eigenvalue weighted by Crippen LogP contribution is 2.39. The molecule has 0 spiro atoms. The molecule has 3 rings (SSSR count). The van der Waals surface area contributed by atoms with Gasteiger partial charge in [0.2, 0.25) is 0 Å². The maximum atomic E-state index is 5.57. The molecular weight excluding hydrogens is 262 g/mol. The lowest BCUT2D eigenvalue weighted by atomic mass is 10.1. The number of hydrogen-bond donors (Lipinski definition) is 1. The van der Waals surface area contributed by atoms with Crippen molar-refractivity contribution >= 4 is 5.69 Å². The lowest BCUT2D eigenvalue weighted by Crippen LogP contribution is -2.50. The first-order chi connectivity index (χ1) is 10.2. The van der Waals surface area contributed by atoms with Gasteiger partial charge in [0.1, 0.15) is 5.75 Å². The number of anilines is 1. The summed E-state index contributed by atoms with van der Waals surface area (Å²) in [7, 11) is 1.78. The van der Waals surface area contributed by atoms with E-state index in [0.29, 0.717) is 12.1 Å². The molecule has 1 saturated heterocycles. The number of rotatable bonds is 4. The Morgan fingerprint density at radius 2 is 2.05 bits per heavy atom. The van der Waals surface area contributed by atoms with Crippen LogP contribution in [0.4, 0.5) is 5.69 Å². The molecule has 1 aromatic carbocycles. The topological polar surface area (TPSA) is 27.7 Å². The van der Waals surface area contributed by atoms with Gasteiger partial charge in [-0.2, -0.15) is 0 Å². The van der Waals surface area contributed by atoms with Crippen LogP contribution in [0.5, 0.6) is 5.75 Å². The summed E-state index contributed by atoms with van der Waals surface area (Å²) in [6.45, 7) is 10.3. The van der Waals surface area contributed by atoms with Gasteiger partial charge >= 0.3 is 0 Å². The molecule has 0 radical (unpaired) electrons. The van der Waals surface area contributed by atoms with Crippen LogP contribution in [0.15, 0.2) is 18.2 Å². The van der Waals surface area contributed by atoms with E-state index in [1.54, 1.807) is 7.11 Å². The Balaban J connectivity index is 1.82. The van der Waals surface area contributed by atoms with E-state index in [2.05, 4.69) is 47.2 Å². The van der Waals surface area contributed by atoms with Gasteiger partial charge in [-0.15, -0.1) is 0 Å². The summed E-state index contributed by atoms with van der Waals surface area (Å²) in [5.74, 6) is 1.04. The number of piperazine rings is 1. The van der Waals surface area contributed by atoms with Gasteiger partial charge in [-0.05, 0) is 32.4 Å². The summed E-state index contributed by atoms with van der Waals surface area (Å²) in [6, 6.07) is 7.53. The number of nitrogens with zero attached hydrogens (tertiary/aromatic N) is 2. The van der Waals surface area contributed by atoms with E-state index in [0.717, 1.165) is 44.9 Å². The summed E-state index contributed by atoms with van der Waals surface area (Å²) in [5.41, 5.74) is 2.75. The van der Waals surface area contributed by atoms with Crippen molar-refractivity contribution in [3.63, 3.8) is 0 Å². The van der Waals surface area contributed by atoms with E-state index in [1.807, 2.05) is 0 Å². The lowest BCUT2D eigenvalue weighted by molar-refractivity contribution is 0.224. The molecule has 0 aliphatic carbocycles. The van der Waals surface area contributed by atoms with E-state index < -0.39 is 0 Å². The van der Waals surface area contributed by atoms with Crippen molar-refractivity contribution in [2.24, 2.45) is 0 Å². The zero-order valence-electron chi connectivity index (χ0n) is 13.4. The van der Waals surface area contributed by atoms with E-state index in [4.69, 9.17) is 4.74 Å². The summed E-state index contributed by atoms with van der Waals surface area (Å²) in [5, 5.41) is 3.43. The maximum absolute atomic E-state index is 5.57. The van der Waals surface area contributed by atoms with Gasteiger partial charge in [-0.25, -0.2) is 0 Å². The molecule has 1 unspecified atom stereocenters. The van der Waals surface area contributed by atoms with Gasteiger partial charge < -0.3 is 15.0 Å². The minimum atomic E-state index is 0.520. The number of ether oxygens (including phenoxy) is 1. The van der Waals surface area contributed by atoms with Crippen molar-refractivity contribution in [3.8, 4) is 5.75 Å². The van der Waals surface area contributed by atoms with Crippen LogP contribution in [0, 0.1) is 0 Å². The molecule has 2 heterocycles. The Hall–Kier alpha value is -1.26. The summed E-state index contributed by atoms with van der Waals surface area (Å²) in [6.07, 6.45) is 1.10. The zero-order chi connectivity index (χ0) is 14.8. The summed E-state index contributed by atoms with van der Waals surface area (Å²) < 4.78 is 5.57. The Kier molecular flexibility index (Phi) is 4.36. The van der Waals surface area contributed by atoms with E-state index in [1.165, 1.54) is 11.3 Å². The second-order valence-electron chi connectivity index (χ2n) is 6.37. The van der Waals surface area contributed by atoms with Crippen molar-refractivity contribution in [1.82, 2.24) is 10.2 Å². The molecule has 4 nitrogen and oxygen atoms in total. The molecule has 2 aliphatic rings. The van der Waals surface area contributed by atoms with Crippen molar-refractivity contribution in [2.75, 3.05) is 44.7 Å². The number of benzene rings is 1. The fraction of sp³-hybridized carbons (Fsp3) is 0.647. The third kappa shape index (κ3) is 2.87. The number of methoxy groups -OCH3 is 1. The van der Waals surface area contributed by atoms with Gasteiger partial charge in [0, 0.05) is 56.1 Å². The van der Waals surface area contributed by atoms with Gasteiger partial charge in [-0.3, -0.25) is 4.90 Å². The average Bonchev–Trinajstić information content (AvgIpc) is 2.86. The first-order valence-corrected chi connectivity index (χ1v) is 8.08. The van der Waals surface area contributed by atoms with Gasteiger partial charge in [-0.1, -0.05) is 6.07 Å². The highest BCUT2D eigenvalue weighted by atomic mass is 16.5. The molecule has 1 fully saturated rings. The molecule has 0 saturated carbocycles. The average molecular weight is 289 g/mol. The number of hydrogen-bond acceptors (Lipinski definition) is 4. The SMILES string of the molecule is COc1cccc2c1CC(CN1CCNCC1)N2C(C)C. The second-order valence-corrected chi connectivity index (χ2v) is 6.37. The maximum Gasteiger partial charge on any atom is 0.124 e. The monoisotopic (exact) mass is 289 g/mol. The normalized spacial score (nSPS) is 22.7. The quantitative estimate of drug-likeness (QED) is 0.914.